The fraction of sp³-hybridized carbons (Fsp3) is 0.235. The number of carbonyl (C=O) groups is 1. The lowest BCUT2D eigenvalue weighted by Crippen LogP contribution is -2.38. The number of rotatable bonds is 2. The molecule has 5 heteroatoms. The third-order valence-electron chi connectivity index (χ3n) is 3.40. The maximum Gasteiger partial charge on any atom is 0.349 e. The number of carbonyl (C=O) groups excluding carboxylic acids is 1. The quantitative estimate of drug-likeness (QED) is 0.862. The van der Waals surface area contributed by atoms with E-state index in [4.69, 9.17) is 14.2 Å². The molecule has 2 aromatic rings. The summed E-state index contributed by atoms with van der Waals surface area (Å²) >= 11 is 0. The van der Waals surface area contributed by atoms with Crippen LogP contribution in [0.4, 0.5) is 0 Å². The molecule has 0 spiro atoms. The molecule has 2 aromatic carbocycles. The van der Waals surface area contributed by atoms with E-state index in [2.05, 4.69) is 0 Å². The van der Waals surface area contributed by atoms with Gasteiger partial charge >= 0.3 is 5.97 Å². The Labute approximate surface area is 128 Å². The molecule has 0 radical (unpaired) electrons. The number of hydrogen-bond acceptors (Lipinski definition) is 5. The van der Waals surface area contributed by atoms with Crippen molar-refractivity contribution in [2.45, 2.75) is 19.6 Å². The zero-order valence-corrected chi connectivity index (χ0v) is 12.5. The molecule has 0 unspecified atom stereocenters. The Bertz CT molecular complexity index is 731. The lowest BCUT2D eigenvalue weighted by atomic mass is 10.0. The molecule has 1 heterocycles. The summed E-state index contributed by atoms with van der Waals surface area (Å²) in [6, 6.07) is 10.6. The third kappa shape index (κ3) is 2.45. The Hall–Kier alpha value is -2.69. The number of fused-ring (bicyclic) bond motifs is 1. The van der Waals surface area contributed by atoms with Gasteiger partial charge in [-0.3, -0.25) is 0 Å². The van der Waals surface area contributed by atoms with Gasteiger partial charge in [-0.25, -0.2) is 4.79 Å². The summed E-state index contributed by atoms with van der Waals surface area (Å²) in [5.41, 5.74) is 1.67. The number of hydrogen-bond donors (Lipinski definition) is 1. The van der Waals surface area contributed by atoms with Crippen molar-refractivity contribution in [3.8, 4) is 28.4 Å². The summed E-state index contributed by atoms with van der Waals surface area (Å²) in [7, 11) is 1.60. The van der Waals surface area contributed by atoms with Crippen LogP contribution in [0.1, 0.15) is 24.2 Å². The van der Waals surface area contributed by atoms with Gasteiger partial charge in [0.25, 0.3) is 0 Å². The fourth-order valence-electron chi connectivity index (χ4n) is 2.40. The Balaban J connectivity index is 2.08. The Morgan fingerprint density at radius 3 is 2.36 bits per heavy atom. The summed E-state index contributed by atoms with van der Waals surface area (Å²) in [5.74, 6) is -0.762. The van der Waals surface area contributed by atoms with Gasteiger partial charge in [0.05, 0.1) is 7.11 Å². The van der Waals surface area contributed by atoms with Gasteiger partial charge in [0.2, 0.25) is 5.79 Å². The first-order valence-corrected chi connectivity index (χ1v) is 6.83. The second-order valence-electron chi connectivity index (χ2n) is 5.49. The number of methoxy groups -OCH3 is 1. The highest BCUT2D eigenvalue weighted by atomic mass is 16.7. The normalized spacial score (nSPS) is 15.5. The minimum atomic E-state index is -1.06. The molecule has 22 heavy (non-hydrogen) atoms. The first kappa shape index (κ1) is 14.3. The lowest BCUT2D eigenvalue weighted by molar-refractivity contribution is -0.127. The summed E-state index contributed by atoms with van der Waals surface area (Å²) in [5, 5.41) is 10.1. The first-order chi connectivity index (χ1) is 10.4. The van der Waals surface area contributed by atoms with Crippen LogP contribution in [-0.4, -0.2) is 24.0 Å². The molecule has 0 amide bonds. The van der Waals surface area contributed by atoms with Gasteiger partial charge in [-0.05, 0) is 35.4 Å². The molecule has 0 aromatic heterocycles. The van der Waals surface area contributed by atoms with Crippen molar-refractivity contribution in [1.82, 2.24) is 0 Å². The van der Waals surface area contributed by atoms with E-state index in [1.54, 1.807) is 27.0 Å². The third-order valence-corrected chi connectivity index (χ3v) is 3.40. The Morgan fingerprint density at radius 2 is 1.73 bits per heavy atom. The van der Waals surface area contributed by atoms with Gasteiger partial charge in [0.1, 0.15) is 22.8 Å². The van der Waals surface area contributed by atoms with Crippen LogP contribution in [0.3, 0.4) is 0 Å². The molecule has 114 valence electrons. The molecule has 5 nitrogen and oxygen atoms in total. The summed E-state index contributed by atoms with van der Waals surface area (Å²) in [6.45, 7) is 3.29. The number of ether oxygens (including phenoxy) is 3. The van der Waals surface area contributed by atoms with Gasteiger partial charge in [-0.15, -0.1) is 0 Å². The Kier molecular flexibility index (Phi) is 3.20. The highest BCUT2D eigenvalue weighted by molar-refractivity contribution is 5.97. The zero-order valence-electron chi connectivity index (χ0n) is 12.5. The second-order valence-corrected chi connectivity index (χ2v) is 5.49. The molecule has 3 rings (SSSR count). The van der Waals surface area contributed by atoms with Crippen LogP contribution in [-0.2, 0) is 4.74 Å². The van der Waals surface area contributed by atoms with E-state index in [-0.39, 0.29) is 11.3 Å². The van der Waals surface area contributed by atoms with Crippen LogP contribution < -0.4 is 9.47 Å². The largest absolute Gasteiger partial charge is 0.507 e. The molecule has 0 bridgehead atoms. The molecule has 0 aliphatic carbocycles. The highest BCUT2D eigenvalue weighted by Gasteiger charge is 2.36. The van der Waals surface area contributed by atoms with Gasteiger partial charge in [0.15, 0.2) is 0 Å². The van der Waals surface area contributed by atoms with Crippen LogP contribution in [0.15, 0.2) is 36.4 Å². The summed E-state index contributed by atoms with van der Waals surface area (Å²) in [4.78, 5) is 12.0. The van der Waals surface area contributed by atoms with E-state index in [0.717, 1.165) is 16.9 Å². The highest BCUT2D eigenvalue weighted by Crippen LogP contribution is 2.40. The number of cyclic esters (lactones) is 1. The van der Waals surface area contributed by atoms with Crippen molar-refractivity contribution in [1.29, 1.82) is 0 Å². The summed E-state index contributed by atoms with van der Waals surface area (Å²) < 4.78 is 15.9. The molecular formula is C17H16O5. The van der Waals surface area contributed by atoms with Gasteiger partial charge in [-0.1, -0.05) is 12.1 Å². The number of phenols is 1. The van der Waals surface area contributed by atoms with Gasteiger partial charge in [-0.2, -0.15) is 0 Å². The first-order valence-electron chi connectivity index (χ1n) is 6.83. The van der Waals surface area contributed by atoms with E-state index >= 15 is 0 Å². The SMILES string of the molecule is COc1ccc(-c2cc(O)c3c(c2)OC(C)(C)OC3=O)cc1. The molecule has 0 fully saturated rings. The van der Waals surface area contributed by atoms with Crippen molar-refractivity contribution >= 4 is 5.97 Å². The molecule has 1 aliphatic rings. The minimum absolute atomic E-state index is 0.0524. The van der Waals surface area contributed by atoms with E-state index in [9.17, 15) is 9.90 Å². The number of benzene rings is 2. The molecule has 0 saturated heterocycles. The van der Waals surface area contributed by atoms with E-state index in [1.165, 1.54) is 6.07 Å². The predicted molar refractivity (Wildman–Crippen MR) is 80.2 cm³/mol. The average Bonchev–Trinajstić information content (AvgIpc) is 2.45. The summed E-state index contributed by atoms with van der Waals surface area (Å²) in [6.07, 6.45) is 0. The smallest absolute Gasteiger partial charge is 0.349 e. The molecule has 1 aliphatic heterocycles. The van der Waals surface area contributed by atoms with Crippen molar-refractivity contribution in [3.05, 3.63) is 42.0 Å². The molecule has 0 saturated carbocycles. The standard InChI is InChI=1S/C17H16O5/c1-17(2)21-14-9-11(8-13(18)15(14)16(19)22-17)10-4-6-12(20-3)7-5-10/h4-9,18H,1-3H3. The van der Waals surface area contributed by atoms with Crippen LogP contribution in [0, 0.1) is 0 Å². The maximum atomic E-state index is 12.0. The molecule has 1 N–H and O–H groups in total. The van der Waals surface area contributed by atoms with Crippen LogP contribution in [0.25, 0.3) is 11.1 Å². The molecule has 0 atom stereocenters. The van der Waals surface area contributed by atoms with Crippen molar-refractivity contribution in [2.75, 3.05) is 7.11 Å². The molecular weight excluding hydrogens is 284 g/mol. The maximum absolute atomic E-state index is 12.0. The minimum Gasteiger partial charge on any atom is -0.507 e. The number of phenolic OH excluding ortho intramolecular Hbond substituents is 1. The zero-order chi connectivity index (χ0) is 15.9. The topological polar surface area (TPSA) is 65.0 Å². The van der Waals surface area contributed by atoms with E-state index in [0.29, 0.717) is 5.75 Å². The van der Waals surface area contributed by atoms with Crippen LogP contribution in [0.5, 0.6) is 17.2 Å². The lowest BCUT2D eigenvalue weighted by Gasteiger charge is -2.32. The van der Waals surface area contributed by atoms with E-state index < -0.39 is 11.8 Å². The van der Waals surface area contributed by atoms with Crippen molar-refractivity contribution < 1.29 is 24.1 Å². The second kappa shape index (κ2) is 4.94. The fourth-order valence-corrected chi connectivity index (χ4v) is 2.40. The predicted octanol–water partition coefficient (Wildman–Crippen LogP) is 3.35. The van der Waals surface area contributed by atoms with Crippen molar-refractivity contribution in [2.24, 2.45) is 0 Å². The van der Waals surface area contributed by atoms with E-state index in [1.807, 2.05) is 24.3 Å². The Morgan fingerprint density at radius 1 is 1.05 bits per heavy atom. The van der Waals surface area contributed by atoms with Crippen LogP contribution in [0.2, 0.25) is 0 Å². The number of aromatic hydroxyl groups is 1. The average molecular weight is 300 g/mol. The van der Waals surface area contributed by atoms with Gasteiger partial charge in [0, 0.05) is 13.8 Å². The monoisotopic (exact) mass is 300 g/mol. The van der Waals surface area contributed by atoms with Crippen molar-refractivity contribution in [3.63, 3.8) is 0 Å². The van der Waals surface area contributed by atoms with Gasteiger partial charge < -0.3 is 19.3 Å². The number of esters is 1. The van der Waals surface area contributed by atoms with Crippen LogP contribution >= 0.6 is 0 Å².